The lowest BCUT2D eigenvalue weighted by Gasteiger charge is -2.10. The molecule has 0 nitrogen and oxygen atoms in total. The molecule has 0 aliphatic heterocycles. The van der Waals surface area contributed by atoms with Crippen molar-refractivity contribution in [3.63, 3.8) is 0 Å². The maximum Gasteiger partial charge on any atom is 0.122 e. The Morgan fingerprint density at radius 1 is 1.56 bits per heavy atom. The molecule has 1 heteroatoms. The summed E-state index contributed by atoms with van der Waals surface area (Å²) in [7, 11) is 0. The van der Waals surface area contributed by atoms with E-state index in [2.05, 4.69) is 0 Å². The molecule has 0 radical (unpaired) electrons. The molecule has 0 N–H and O–H groups in total. The van der Waals surface area contributed by atoms with E-state index in [-0.39, 0.29) is 0 Å². The minimum absolute atomic E-state index is 0.586. The summed E-state index contributed by atoms with van der Waals surface area (Å²) in [5, 5.41) is 0. The van der Waals surface area contributed by atoms with Crippen LogP contribution in [-0.2, 0) is 0 Å². The first-order valence-electron chi connectivity index (χ1n) is 3.19. The topological polar surface area (TPSA) is 0 Å². The molecule has 1 rings (SSSR count). The van der Waals surface area contributed by atoms with Crippen LogP contribution in [0.25, 0.3) is 0 Å². The molecule has 0 heterocycles. The van der Waals surface area contributed by atoms with Crippen LogP contribution < -0.4 is 0 Å². The van der Waals surface area contributed by atoms with Gasteiger partial charge in [-0.1, -0.05) is 23.3 Å². The van der Waals surface area contributed by atoms with Gasteiger partial charge in [0.25, 0.3) is 0 Å². The van der Waals surface area contributed by atoms with Crippen LogP contribution in [0.2, 0.25) is 0 Å². The van der Waals surface area contributed by atoms with Crippen LogP contribution >= 0.6 is 0 Å². The lowest BCUT2D eigenvalue weighted by Crippen LogP contribution is -2.01. The molecule has 0 amide bonds. The van der Waals surface area contributed by atoms with Crippen LogP contribution in [0.3, 0.4) is 0 Å². The second-order valence-corrected chi connectivity index (χ2v) is 2.54. The summed E-state index contributed by atoms with van der Waals surface area (Å²) < 4.78 is 12.5. The second kappa shape index (κ2) is 2.34. The zero-order valence-corrected chi connectivity index (χ0v) is 5.82. The van der Waals surface area contributed by atoms with Gasteiger partial charge >= 0.3 is 0 Å². The van der Waals surface area contributed by atoms with Crippen molar-refractivity contribution in [3.05, 3.63) is 23.3 Å². The number of rotatable bonds is 0. The van der Waals surface area contributed by atoms with E-state index in [9.17, 15) is 4.39 Å². The first-order chi connectivity index (χ1) is 4.20. The third kappa shape index (κ3) is 1.41. The fraction of sp³-hybridized carbons (Fsp3) is 0.500. The molecule has 50 valence electrons. The summed E-state index contributed by atoms with van der Waals surface area (Å²) in [5.41, 5.74) is 2.38. The summed E-state index contributed by atoms with van der Waals surface area (Å²) in [6.07, 6.45) is 3.31. The summed E-state index contributed by atoms with van der Waals surface area (Å²) in [6.45, 7) is 3.99. The van der Waals surface area contributed by atoms with E-state index in [0.29, 0.717) is 6.42 Å². The second-order valence-electron chi connectivity index (χ2n) is 2.54. The van der Waals surface area contributed by atoms with Crippen molar-refractivity contribution in [3.8, 4) is 0 Å². The Hall–Kier alpha value is -0.590. The largest absolute Gasteiger partial charge is 0.243 e. The fourth-order valence-corrected chi connectivity index (χ4v) is 0.913. The molecule has 1 aliphatic carbocycles. The third-order valence-electron chi connectivity index (χ3n) is 1.73. The quantitative estimate of drug-likeness (QED) is 0.468. The Bertz CT molecular complexity index is 165. The SMILES string of the molecule is CC1=C(C)CC(F)C=C1. The van der Waals surface area contributed by atoms with Gasteiger partial charge in [0.2, 0.25) is 0 Å². The smallest absolute Gasteiger partial charge is 0.122 e. The van der Waals surface area contributed by atoms with E-state index in [1.165, 1.54) is 11.1 Å². The van der Waals surface area contributed by atoms with E-state index < -0.39 is 6.17 Å². The maximum atomic E-state index is 12.5. The normalized spacial score (nSPS) is 27.2. The lowest BCUT2D eigenvalue weighted by atomic mass is 9.99. The van der Waals surface area contributed by atoms with Gasteiger partial charge in [-0.05, 0) is 13.8 Å². The molecule has 1 aliphatic rings. The number of hydrogen-bond donors (Lipinski definition) is 0. The molecule has 0 aromatic heterocycles. The summed E-state index contributed by atoms with van der Waals surface area (Å²) in [5.74, 6) is 0. The number of allylic oxidation sites excluding steroid dienone is 4. The van der Waals surface area contributed by atoms with Crippen LogP contribution in [0.15, 0.2) is 23.3 Å². The Kier molecular flexibility index (Phi) is 1.70. The maximum absolute atomic E-state index is 12.5. The van der Waals surface area contributed by atoms with Gasteiger partial charge in [-0.3, -0.25) is 0 Å². The van der Waals surface area contributed by atoms with Crippen molar-refractivity contribution in [1.82, 2.24) is 0 Å². The van der Waals surface area contributed by atoms with Gasteiger partial charge in [-0.25, -0.2) is 4.39 Å². The lowest BCUT2D eigenvalue weighted by molar-refractivity contribution is 0.393. The molecule has 0 aromatic carbocycles. The van der Waals surface area contributed by atoms with Gasteiger partial charge in [-0.2, -0.15) is 0 Å². The molecule has 1 atom stereocenters. The molecule has 0 spiro atoms. The predicted octanol–water partition coefficient (Wildman–Crippen LogP) is 2.62. The van der Waals surface area contributed by atoms with Gasteiger partial charge in [0, 0.05) is 6.42 Å². The van der Waals surface area contributed by atoms with Crippen LogP contribution in [0.5, 0.6) is 0 Å². The van der Waals surface area contributed by atoms with Gasteiger partial charge in [0.15, 0.2) is 0 Å². The Balaban J connectivity index is 2.75. The molecular weight excluding hydrogens is 115 g/mol. The highest BCUT2D eigenvalue weighted by molar-refractivity contribution is 5.28. The minimum atomic E-state index is -0.742. The predicted molar refractivity (Wildman–Crippen MR) is 37.0 cm³/mol. The molecule has 0 saturated heterocycles. The Morgan fingerprint density at radius 3 is 2.67 bits per heavy atom. The summed E-state index contributed by atoms with van der Waals surface area (Å²) in [4.78, 5) is 0. The van der Waals surface area contributed by atoms with Crippen molar-refractivity contribution in [2.45, 2.75) is 26.4 Å². The van der Waals surface area contributed by atoms with Gasteiger partial charge in [0.05, 0.1) is 0 Å². The van der Waals surface area contributed by atoms with Crippen molar-refractivity contribution in [2.24, 2.45) is 0 Å². The summed E-state index contributed by atoms with van der Waals surface area (Å²) >= 11 is 0. The highest BCUT2D eigenvalue weighted by Crippen LogP contribution is 2.19. The molecular formula is C8H11F. The third-order valence-corrected chi connectivity index (χ3v) is 1.73. The van der Waals surface area contributed by atoms with E-state index in [0.717, 1.165) is 0 Å². The monoisotopic (exact) mass is 126 g/mol. The van der Waals surface area contributed by atoms with E-state index in [4.69, 9.17) is 0 Å². The van der Waals surface area contributed by atoms with E-state index in [1.807, 2.05) is 19.9 Å². The Labute approximate surface area is 55.1 Å². The molecule has 0 fully saturated rings. The summed E-state index contributed by atoms with van der Waals surface area (Å²) in [6, 6.07) is 0. The van der Waals surface area contributed by atoms with Crippen molar-refractivity contribution < 1.29 is 4.39 Å². The van der Waals surface area contributed by atoms with Crippen LogP contribution in [0, 0.1) is 0 Å². The van der Waals surface area contributed by atoms with E-state index >= 15 is 0 Å². The molecule has 9 heavy (non-hydrogen) atoms. The van der Waals surface area contributed by atoms with E-state index in [1.54, 1.807) is 6.08 Å². The number of alkyl halides is 1. The van der Waals surface area contributed by atoms with Crippen molar-refractivity contribution in [1.29, 1.82) is 0 Å². The highest BCUT2D eigenvalue weighted by Gasteiger charge is 2.08. The first kappa shape index (κ1) is 6.53. The minimum Gasteiger partial charge on any atom is -0.243 e. The van der Waals surface area contributed by atoms with Gasteiger partial charge in [-0.15, -0.1) is 0 Å². The average molecular weight is 126 g/mol. The van der Waals surface area contributed by atoms with Crippen molar-refractivity contribution in [2.75, 3.05) is 0 Å². The zero-order chi connectivity index (χ0) is 6.85. The first-order valence-corrected chi connectivity index (χ1v) is 3.19. The molecule has 0 bridgehead atoms. The molecule has 0 aromatic rings. The van der Waals surface area contributed by atoms with Crippen LogP contribution in [0.1, 0.15) is 20.3 Å². The number of halogens is 1. The molecule has 0 saturated carbocycles. The van der Waals surface area contributed by atoms with Gasteiger partial charge < -0.3 is 0 Å². The Morgan fingerprint density at radius 2 is 2.22 bits per heavy atom. The number of hydrogen-bond acceptors (Lipinski definition) is 0. The van der Waals surface area contributed by atoms with Crippen LogP contribution in [0.4, 0.5) is 4.39 Å². The standard InChI is InChI=1S/C8H11F/c1-6-3-4-8(9)5-7(6)2/h3-4,8H,5H2,1-2H3. The molecule has 1 unspecified atom stereocenters. The van der Waals surface area contributed by atoms with Gasteiger partial charge in [0.1, 0.15) is 6.17 Å². The van der Waals surface area contributed by atoms with Crippen molar-refractivity contribution >= 4 is 0 Å². The zero-order valence-electron chi connectivity index (χ0n) is 5.82. The fourth-order valence-electron chi connectivity index (χ4n) is 0.913. The van der Waals surface area contributed by atoms with Crippen LogP contribution in [-0.4, -0.2) is 6.17 Å². The average Bonchev–Trinajstić information content (AvgIpc) is 1.80. The highest BCUT2D eigenvalue weighted by atomic mass is 19.1.